The lowest BCUT2D eigenvalue weighted by Gasteiger charge is -2.04. The lowest BCUT2D eigenvalue weighted by molar-refractivity contribution is -0.509. The number of hydrogen-bond donors (Lipinski definition) is 2. The van der Waals surface area contributed by atoms with E-state index in [0.29, 0.717) is 10.8 Å². The highest BCUT2D eigenvalue weighted by molar-refractivity contribution is 6.00. The van der Waals surface area contributed by atoms with E-state index in [1.54, 1.807) is 0 Å². The Kier molecular flexibility index (Phi) is 3.18. The van der Waals surface area contributed by atoms with Crippen LogP contribution >= 0.6 is 0 Å². The minimum Gasteiger partial charge on any atom is -1.00 e. The zero-order valence-corrected chi connectivity index (χ0v) is 12.6. The summed E-state index contributed by atoms with van der Waals surface area (Å²) >= 11 is 0. The van der Waals surface area contributed by atoms with Crippen molar-refractivity contribution >= 4 is 27.1 Å². The van der Waals surface area contributed by atoms with Gasteiger partial charge in [0, 0.05) is 17.5 Å². The lowest BCUT2D eigenvalue weighted by Crippen LogP contribution is -3.00. The molecular formula is C17H12BrNO2. The third-order valence-corrected chi connectivity index (χ3v) is 3.72. The van der Waals surface area contributed by atoms with E-state index in [0.717, 1.165) is 16.3 Å². The van der Waals surface area contributed by atoms with Crippen molar-refractivity contribution in [1.82, 2.24) is 0 Å². The van der Waals surface area contributed by atoms with Gasteiger partial charge in [-0.05, 0) is 23.6 Å². The molecule has 0 atom stereocenters. The Labute approximate surface area is 131 Å². The van der Waals surface area contributed by atoms with Gasteiger partial charge in [-0.2, -0.15) is 4.40 Å². The van der Waals surface area contributed by atoms with E-state index in [4.69, 9.17) is 0 Å². The average molecular weight is 342 g/mol. The second kappa shape index (κ2) is 4.90. The van der Waals surface area contributed by atoms with Gasteiger partial charge in [0.15, 0.2) is 12.4 Å². The maximum atomic E-state index is 10.0. The van der Waals surface area contributed by atoms with Crippen molar-refractivity contribution in [1.29, 1.82) is 0 Å². The maximum absolute atomic E-state index is 10.0. The van der Waals surface area contributed by atoms with Crippen molar-refractivity contribution in [2.75, 3.05) is 0 Å². The van der Waals surface area contributed by atoms with Crippen LogP contribution in [0.1, 0.15) is 0 Å². The summed E-state index contributed by atoms with van der Waals surface area (Å²) in [5.74, 6) is 0.341. The molecule has 2 N–H and O–H groups in total. The minimum absolute atomic E-state index is 0. The van der Waals surface area contributed by atoms with Gasteiger partial charge in [-0.25, -0.2) is 0 Å². The number of fused-ring (bicyclic) bond motifs is 4. The number of rotatable bonds is 0. The van der Waals surface area contributed by atoms with Crippen LogP contribution in [0.15, 0.2) is 60.9 Å². The fourth-order valence-electron chi connectivity index (χ4n) is 2.70. The fraction of sp³-hybridized carbons (Fsp3) is 0. The van der Waals surface area contributed by atoms with Crippen LogP contribution in [-0.4, -0.2) is 10.2 Å². The second-order valence-electron chi connectivity index (χ2n) is 4.90. The van der Waals surface area contributed by atoms with Crippen molar-refractivity contribution in [3.63, 3.8) is 0 Å². The number of aromatic nitrogens is 1. The molecule has 0 bridgehead atoms. The van der Waals surface area contributed by atoms with Gasteiger partial charge in [-0.1, -0.05) is 18.2 Å². The number of halogens is 1. The van der Waals surface area contributed by atoms with Crippen LogP contribution in [0.3, 0.4) is 0 Å². The van der Waals surface area contributed by atoms with Crippen molar-refractivity contribution in [3.8, 4) is 11.5 Å². The highest BCUT2D eigenvalue weighted by atomic mass is 79.9. The quantitative estimate of drug-likeness (QED) is 0.207. The summed E-state index contributed by atoms with van der Waals surface area (Å²) in [5, 5.41) is 23.5. The molecule has 4 heteroatoms. The van der Waals surface area contributed by atoms with Gasteiger partial charge in [0.05, 0.1) is 10.8 Å². The van der Waals surface area contributed by atoms with Crippen LogP contribution in [-0.2, 0) is 0 Å². The fourth-order valence-corrected chi connectivity index (χ4v) is 2.70. The molecule has 0 aliphatic carbocycles. The summed E-state index contributed by atoms with van der Waals surface area (Å²) in [6.45, 7) is 0. The third-order valence-electron chi connectivity index (χ3n) is 3.72. The standard InChI is InChI=1S/C17H11NO2.BrH/c19-16-5-6-17(20)14-10-18-8-7-11-3-1-2-4-12(11)15(18)9-13(14)16;/h1-10,19H;1H. The van der Waals surface area contributed by atoms with Crippen LogP contribution in [0.4, 0.5) is 0 Å². The molecule has 0 spiro atoms. The van der Waals surface area contributed by atoms with Gasteiger partial charge in [-0.3, -0.25) is 0 Å². The minimum atomic E-state index is 0. The van der Waals surface area contributed by atoms with E-state index in [9.17, 15) is 10.2 Å². The molecule has 4 aromatic rings. The van der Waals surface area contributed by atoms with Gasteiger partial charge in [-0.15, -0.1) is 0 Å². The van der Waals surface area contributed by atoms with Crippen LogP contribution in [0.5, 0.6) is 11.5 Å². The average Bonchev–Trinajstić information content (AvgIpc) is 2.50. The van der Waals surface area contributed by atoms with E-state index in [1.165, 1.54) is 12.1 Å². The molecule has 0 amide bonds. The molecule has 21 heavy (non-hydrogen) atoms. The monoisotopic (exact) mass is 341 g/mol. The first kappa shape index (κ1) is 13.6. The zero-order valence-electron chi connectivity index (χ0n) is 11.0. The Bertz CT molecular complexity index is 982. The predicted octanol–water partition coefficient (Wildman–Crippen LogP) is 0.147. The van der Waals surface area contributed by atoms with E-state index >= 15 is 0 Å². The van der Waals surface area contributed by atoms with E-state index in [-0.39, 0.29) is 28.5 Å². The molecule has 0 aliphatic rings. The summed E-state index contributed by atoms with van der Waals surface area (Å²) < 4.78 is 1.96. The van der Waals surface area contributed by atoms with Crippen LogP contribution in [0, 0.1) is 0 Å². The van der Waals surface area contributed by atoms with Crippen LogP contribution in [0.25, 0.3) is 27.1 Å². The van der Waals surface area contributed by atoms with Gasteiger partial charge in [0.1, 0.15) is 11.5 Å². The normalized spacial score (nSPS) is 10.9. The zero-order chi connectivity index (χ0) is 13.7. The first-order valence-electron chi connectivity index (χ1n) is 6.41. The molecule has 2 heterocycles. The Morgan fingerprint density at radius 1 is 0.762 bits per heavy atom. The molecule has 0 unspecified atom stereocenters. The summed E-state index contributed by atoms with van der Waals surface area (Å²) in [5.41, 5.74) is 0.997. The van der Waals surface area contributed by atoms with E-state index < -0.39 is 0 Å². The Morgan fingerprint density at radius 3 is 2.29 bits per heavy atom. The summed E-state index contributed by atoms with van der Waals surface area (Å²) in [7, 11) is 0. The van der Waals surface area contributed by atoms with Crippen molar-refractivity contribution < 1.29 is 31.6 Å². The van der Waals surface area contributed by atoms with Crippen molar-refractivity contribution in [3.05, 3.63) is 60.9 Å². The number of hydrogen-bond acceptors (Lipinski definition) is 2. The smallest absolute Gasteiger partial charge is 0.219 e. The Morgan fingerprint density at radius 2 is 1.48 bits per heavy atom. The van der Waals surface area contributed by atoms with Crippen LogP contribution < -0.4 is 21.4 Å². The Hall–Kier alpha value is -2.33. The van der Waals surface area contributed by atoms with Crippen molar-refractivity contribution in [2.45, 2.75) is 0 Å². The Balaban J connectivity index is 0.00000132. The lowest BCUT2D eigenvalue weighted by atomic mass is 10.1. The van der Waals surface area contributed by atoms with E-state index in [2.05, 4.69) is 12.1 Å². The molecule has 104 valence electrons. The topological polar surface area (TPSA) is 44.6 Å². The summed E-state index contributed by atoms with van der Waals surface area (Å²) in [6.07, 6.45) is 3.80. The second-order valence-corrected chi connectivity index (χ2v) is 4.90. The predicted molar refractivity (Wildman–Crippen MR) is 77.9 cm³/mol. The number of benzene rings is 2. The molecule has 3 nitrogen and oxygen atoms in total. The molecule has 2 aromatic carbocycles. The highest BCUT2D eigenvalue weighted by Gasteiger charge is 2.13. The van der Waals surface area contributed by atoms with Crippen LogP contribution in [0.2, 0.25) is 0 Å². The number of phenols is 2. The summed E-state index contributed by atoms with van der Waals surface area (Å²) in [4.78, 5) is 0. The number of phenolic OH excluding ortho intramolecular Hbond substituents is 2. The number of nitrogens with zero attached hydrogens (tertiary/aromatic N) is 1. The van der Waals surface area contributed by atoms with Gasteiger partial charge >= 0.3 is 0 Å². The SMILES string of the molecule is Oc1ccc(O)c2c[n+]3ccc4ccccc4c3cc12.[Br-]. The molecule has 0 saturated heterocycles. The molecule has 2 aromatic heterocycles. The molecule has 0 radical (unpaired) electrons. The largest absolute Gasteiger partial charge is 1.00 e. The first-order chi connectivity index (χ1) is 9.74. The summed E-state index contributed by atoms with van der Waals surface area (Å²) in [6, 6.07) is 15.1. The highest BCUT2D eigenvalue weighted by Crippen LogP contribution is 2.32. The number of aromatic hydroxyl groups is 2. The third kappa shape index (κ3) is 1.99. The molecule has 0 saturated carbocycles. The van der Waals surface area contributed by atoms with Crippen molar-refractivity contribution in [2.24, 2.45) is 0 Å². The molecule has 0 aliphatic heterocycles. The maximum Gasteiger partial charge on any atom is 0.219 e. The van der Waals surface area contributed by atoms with Gasteiger partial charge < -0.3 is 27.2 Å². The van der Waals surface area contributed by atoms with E-state index in [1.807, 2.05) is 41.1 Å². The van der Waals surface area contributed by atoms with Gasteiger partial charge in [0.2, 0.25) is 5.52 Å². The van der Waals surface area contributed by atoms with Gasteiger partial charge in [0.25, 0.3) is 0 Å². The molecule has 4 rings (SSSR count). The molecular weight excluding hydrogens is 330 g/mol. The molecule has 0 fully saturated rings. The first-order valence-corrected chi connectivity index (χ1v) is 6.41. The number of pyridine rings is 2.